The Bertz CT molecular complexity index is 1040. The number of hydrogen-bond donors (Lipinski definition) is 1. The molecule has 1 aliphatic rings. The van der Waals surface area contributed by atoms with E-state index in [0.717, 1.165) is 22.6 Å². The van der Waals surface area contributed by atoms with Crippen LogP contribution in [0, 0.1) is 0 Å². The van der Waals surface area contributed by atoms with Gasteiger partial charge in [-0.05, 0) is 36.6 Å². The third-order valence-corrected chi connectivity index (χ3v) is 5.95. The van der Waals surface area contributed by atoms with Gasteiger partial charge in [-0.1, -0.05) is 12.8 Å². The van der Waals surface area contributed by atoms with Crippen LogP contribution in [0.1, 0.15) is 37.3 Å². The molecule has 134 valence electrons. The van der Waals surface area contributed by atoms with Gasteiger partial charge in [-0.3, -0.25) is 9.97 Å². The first kappa shape index (κ1) is 16.9. The molecule has 1 fully saturated rings. The predicted octanol–water partition coefficient (Wildman–Crippen LogP) is 3.59. The molecule has 3 heterocycles. The van der Waals surface area contributed by atoms with E-state index in [1.165, 1.54) is 43.8 Å². The maximum absolute atomic E-state index is 11.8. The molecule has 3 aromatic heterocycles. The Labute approximate surface area is 152 Å². The van der Waals surface area contributed by atoms with Crippen molar-refractivity contribution in [3.05, 3.63) is 48.7 Å². The van der Waals surface area contributed by atoms with Crippen LogP contribution in [0.2, 0.25) is 0 Å². The maximum Gasteiger partial charge on any atom is 0.177 e. The van der Waals surface area contributed by atoms with E-state index in [1.807, 2.05) is 18.3 Å². The molecular formula is C19H20N4O2S. The van der Waals surface area contributed by atoms with E-state index in [0.29, 0.717) is 5.92 Å². The van der Waals surface area contributed by atoms with Gasteiger partial charge in [-0.2, -0.15) is 0 Å². The lowest BCUT2D eigenvalue weighted by molar-refractivity contribution is 0.601. The first-order valence-corrected chi connectivity index (χ1v) is 10.6. The Morgan fingerprint density at radius 1 is 1.04 bits per heavy atom. The van der Waals surface area contributed by atoms with Gasteiger partial charge in [0.1, 0.15) is 5.69 Å². The monoisotopic (exact) mass is 368 g/mol. The lowest BCUT2D eigenvalue weighted by atomic mass is 10.1. The summed E-state index contributed by atoms with van der Waals surface area (Å²) in [6.07, 6.45) is 12.8. The van der Waals surface area contributed by atoms with Gasteiger partial charge in [0.15, 0.2) is 15.7 Å². The molecule has 6 nitrogen and oxygen atoms in total. The largest absolute Gasteiger partial charge is 0.340 e. The van der Waals surface area contributed by atoms with E-state index in [2.05, 4.69) is 19.9 Å². The Hall–Kier alpha value is -2.54. The molecule has 0 aliphatic heterocycles. The third kappa shape index (κ3) is 3.39. The van der Waals surface area contributed by atoms with Crippen LogP contribution in [-0.2, 0) is 9.84 Å². The van der Waals surface area contributed by atoms with Crippen LogP contribution in [0.25, 0.3) is 22.6 Å². The standard InChI is InChI=1S/C19H20N4O2S/c1-26(24,25)16-8-15(10-20-11-16)14-6-7-21-17(9-14)19-22-12-18(23-19)13-4-2-3-5-13/h6-13H,2-5H2,1H3,(H,22,23). The molecule has 0 atom stereocenters. The molecular weight excluding hydrogens is 348 g/mol. The molecule has 7 heteroatoms. The Morgan fingerprint density at radius 3 is 2.62 bits per heavy atom. The number of rotatable bonds is 4. The van der Waals surface area contributed by atoms with Crippen LogP contribution in [-0.4, -0.2) is 34.6 Å². The molecule has 1 N–H and O–H groups in total. The van der Waals surface area contributed by atoms with E-state index in [1.54, 1.807) is 18.5 Å². The van der Waals surface area contributed by atoms with Crippen molar-refractivity contribution in [2.45, 2.75) is 36.5 Å². The molecule has 4 rings (SSSR count). The SMILES string of the molecule is CS(=O)(=O)c1cncc(-c2ccnc(-c3ncc(C4CCCC4)[nH]3)c2)c1. The molecule has 0 aromatic carbocycles. The summed E-state index contributed by atoms with van der Waals surface area (Å²) in [4.78, 5) is 16.6. The summed E-state index contributed by atoms with van der Waals surface area (Å²) < 4.78 is 23.5. The second-order valence-electron chi connectivity index (χ2n) is 6.78. The lowest BCUT2D eigenvalue weighted by Crippen LogP contribution is -1.98. The number of sulfone groups is 1. The maximum atomic E-state index is 11.8. The third-order valence-electron chi connectivity index (χ3n) is 4.87. The van der Waals surface area contributed by atoms with Gasteiger partial charge in [-0.15, -0.1) is 0 Å². The van der Waals surface area contributed by atoms with Crippen molar-refractivity contribution < 1.29 is 8.42 Å². The Morgan fingerprint density at radius 2 is 1.85 bits per heavy atom. The van der Waals surface area contributed by atoms with Gasteiger partial charge < -0.3 is 4.98 Å². The van der Waals surface area contributed by atoms with Crippen molar-refractivity contribution in [1.29, 1.82) is 0 Å². The zero-order chi connectivity index (χ0) is 18.1. The van der Waals surface area contributed by atoms with Gasteiger partial charge in [0.2, 0.25) is 0 Å². The normalized spacial score (nSPS) is 15.4. The first-order chi connectivity index (χ1) is 12.5. The van der Waals surface area contributed by atoms with Gasteiger partial charge in [0.25, 0.3) is 0 Å². The minimum absolute atomic E-state index is 0.204. The van der Waals surface area contributed by atoms with E-state index >= 15 is 0 Å². The van der Waals surface area contributed by atoms with Crippen LogP contribution >= 0.6 is 0 Å². The number of nitrogens with zero attached hydrogens (tertiary/aromatic N) is 3. The first-order valence-electron chi connectivity index (χ1n) is 8.67. The van der Waals surface area contributed by atoms with Gasteiger partial charge >= 0.3 is 0 Å². The molecule has 1 saturated carbocycles. The van der Waals surface area contributed by atoms with Crippen molar-refractivity contribution in [1.82, 2.24) is 19.9 Å². The number of pyridine rings is 2. The van der Waals surface area contributed by atoms with E-state index < -0.39 is 9.84 Å². The summed E-state index contributed by atoms with van der Waals surface area (Å²) in [7, 11) is -3.30. The summed E-state index contributed by atoms with van der Waals surface area (Å²) in [6, 6.07) is 5.38. The number of H-pyrrole nitrogens is 1. The number of imidazole rings is 1. The highest BCUT2D eigenvalue weighted by Gasteiger charge is 2.19. The average Bonchev–Trinajstić information content (AvgIpc) is 3.33. The Balaban J connectivity index is 1.67. The second-order valence-corrected chi connectivity index (χ2v) is 8.80. The minimum atomic E-state index is -3.30. The predicted molar refractivity (Wildman–Crippen MR) is 99.4 cm³/mol. The highest BCUT2D eigenvalue weighted by Crippen LogP contribution is 2.34. The van der Waals surface area contributed by atoms with Crippen molar-refractivity contribution in [3.8, 4) is 22.6 Å². The van der Waals surface area contributed by atoms with Crippen molar-refractivity contribution in [3.63, 3.8) is 0 Å². The molecule has 0 radical (unpaired) electrons. The topological polar surface area (TPSA) is 88.6 Å². The van der Waals surface area contributed by atoms with Crippen LogP contribution in [0.15, 0.2) is 47.9 Å². The molecule has 0 saturated heterocycles. The van der Waals surface area contributed by atoms with Crippen molar-refractivity contribution >= 4 is 9.84 Å². The number of nitrogens with one attached hydrogen (secondary N) is 1. The quantitative estimate of drug-likeness (QED) is 0.760. The van der Waals surface area contributed by atoms with E-state index in [9.17, 15) is 8.42 Å². The van der Waals surface area contributed by atoms with E-state index in [4.69, 9.17) is 0 Å². The molecule has 0 unspecified atom stereocenters. The van der Waals surface area contributed by atoms with Gasteiger partial charge in [-0.25, -0.2) is 13.4 Å². The summed E-state index contributed by atoms with van der Waals surface area (Å²) >= 11 is 0. The molecule has 3 aromatic rings. The smallest absolute Gasteiger partial charge is 0.177 e. The fraction of sp³-hybridized carbons (Fsp3) is 0.316. The van der Waals surface area contributed by atoms with Crippen molar-refractivity contribution in [2.75, 3.05) is 6.26 Å². The lowest BCUT2D eigenvalue weighted by Gasteiger charge is -2.06. The summed E-state index contributed by atoms with van der Waals surface area (Å²) in [5.41, 5.74) is 3.49. The zero-order valence-electron chi connectivity index (χ0n) is 14.5. The van der Waals surface area contributed by atoms with Gasteiger partial charge in [0, 0.05) is 48.2 Å². The van der Waals surface area contributed by atoms with Crippen LogP contribution in [0.4, 0.5) is 0 Å². The highest BCUT2D eigenvalue weighted by atomic mass is 32.2. The number of aromatic nitrogens is 4. The van der Waals surface area contributed by atoms with Crippen LogP contribution in [0.3, 0.4) is 0 Å². The van der Waals surface area contributed by atoms with E-state index in [-0.39, 0.29) is 4.90 Å². The minimum Gasteiger partial charge on any atom is -0.340 e. The number of hydrogen-bond acceptors (Lipinski definition) is 5. The van der Waals surface area contributed by atoms with Crippen LogP contribution < -0.4 is 0 Å². The number of aromatic amines is 1. The fourth-order valence-corrected chi connectivity index (χ4v) is 4.02. The second kappa shape index (κ2) is 6.64. The molecule has 0 amide bonds. The molecule has 1 aliphatic carbocycles. The van der Waals surface area contributed by atoms with Crippen molar-refractivity contribution in [2.24, 2.45) is 0 Å². The molecule has 0 spiro atoms. The zero-order valence-corrected chi connectivity index (χ0v) is 15.3. The summed E-state index contributed by atoms with van der Waals surface area (Å²) in [6.45, 7) is 0. The highest BCUT2D eigenvalue weighted by molar-refractivity contribution is 7.90. The summed E-state index contributed by atoms with van der Waals surface area (Å²) in [5.74, 6) is 1.30. The fourth-order valence-electron chi connectivity index (χ4n) is 3.43. The Kier molecular flexibility index (Phi) is 4.32. The van der Waals surface area contributed by atoms with Gasteiger partial charge in [0.05, 0.1) is 4.90 Å². The van der Waals surface area contributed by atoms with Crippen LogP contribution in [0.5, 0.6) is 0 Å². The summed E-state index contributed by atoms with van der Waals surface area (Å²) in [5, 5.41) is 0. The molecule has 26 heavy (non-hydrogen) atoms. The molecule has 0 bridgehead atoms. The average molecular weight is 368 g/mol.